The van der Waals surface area contributed by atoms with Crippen molar-refractivity contribution in [3.05, 3.63) is 49.9 Å². The predicted molar refractivity (Wildman–Crippen MR) is 106 cm³/mol. The number of alkyl halides is 1. The number of aromatic amines is 1. The zero-order chi connectivity index (χ0) is 22.9. The Hall–Kier alpha value is -3.66. The Labute approximate surface area is 176 Å². The summed E-state index contributed by atoms with van der Waals surface area (Å²) in [7, 11) is 0. The quantitative estimate of drug-likeness (QED) is 0.719. The van der Waals surface area contributed by atoms with Crippen LogP contribution < -0.4 is 10.9 Å². The van der Waals surface area contributed by atoms with Gasteiger partial charge in [-0.2, -0.15) is 10.5 Å². The number of amides is 1. The molecule has 0 aliphatic carbocycles. The summed E-state index contributed by atoms with van der Waals surface area (Å²) >= 11 is 0. The number of aryl methyl sites for hydroxylation is 1. The Morgan fingerprint density at radius 1 is 1.42 bits per heavy atom. The number of hydrogen-bond acceptors (Lipinski definition) is 5. The molecule has 0 radical (unpaired) electrons. The zero-order valence-corrected chi connectivity index (χ0v) is 16.9. The minimum atomic E-state index is -1.60. The Balaban J connectivity index is 1.86. The molecule has 3 rings (SSSR count). The third-order valence-electron chi connectivity index (χ3n) is 5.62. The lowest BCUT2D eigenvalue weighted by atomic mass is 9.90. The maximum atomic E-state index is 14.4. The minimum absolute atomic E-state index is 0.103. The van der Waals surface area contributed by atoms with Crippen LogP contribution in [0.3, 0.4) is 0 Å². The predicted octanol–water partition coefficient (Wildman–Crippen LogP) is 1.92. The molecule has 0 saturated carbocycles. The summed E-state index contributed by atoms with van der Waals surface area (Å²) in [5.41, 5.74) is -0.480. The van der Waals surface area contributed by atoms with Crippen molar-refractivity contribution in [1.82, 2.24) is 10.3 Å². The number of nitrogens with one attached hydrogen (secondary N) is 2. The second-order valence-electron chi connectivity index (χ2n) is 7.72. The van der Waals surface area contributed by atoms with E-state index in [0.717, 1.165) is 0 Å². The number of halogens is 2. The molecule has 1 aliphatic rings. The van der Waals surface area contributed by atoms with Gasteiger partial charge in [0.05, 0.1) is 29.6 Å². The van der Waals surface area contributed by atoms with Gasteiger partial charge in [0.2, 0.25) is 12.5 Å². The molecule has 0 spiro atoms. The smallest absolute Gasteiger partial charge is 0.253 e. The first-order valence-electron chi connectivity index (χ1n) is 9.68. The van der Waals surface area contributed by atoms with Gasteiger partial charge in [0.25, 0.3) is 11.6 Å². The van der Waals surface area contributed by atoms with Crippen LogP contribution in [-0.4, -0.2) is 40.5 Å². The number of H-pyrrole nitrogens is 1. The van der Waals surface area contributed by atoms with Gasteiger partial charge in [0.15, 0.2) is 6.17 Å². The van der Waals surface area contributed by atoms with E-state index >= 15 is 0 Å². The number of nitrogens with zero attached hydrogens (tertiary/aromatic N) is 3. The third-order valence-corrected chi connectivity index (χ3v) is 5.62. The molecule has 3 unspecified atom stereocenters. The van der Waals surface area contributed by atoms with Crippen molar-refractivity contribution in [2.75, 3.05) is 6.54 Å². The summed E-state index contributed by atoms with van der Waals surface area (Å²) in [6.45, 7) is 2.77. The van der Waals surface area contributed by atoms with Crippen LogP contribution in [0, 0.1) is 46.2 Å². The number of aromatic nitrogens is 1. The van der Waals surface area contributed by atoms with Crippen LogP contribution in [0.15, 0.2) is 16.9 Å². The molecule has 10 heteroatoms. The number of carbonyl (C=O) groups is 1. The van der Waals surface area contributed by atoms with Crippen molar-refractivity contribution in [2.24, 2.45) is 5.92 Å². The molecule has 4 atom stereocenters. The van der Waals surface area contributed by atoms with Crippen LogP contribution in [0.4, 0.5) is 8.78 Å². The van der Waals surface area contributed by atoms with Crippen LogP contribution in [0.1, 0.15) is 30.0 Å². The first-order chi connectivity index (χ1) is 14.7. The van der Waals surface area contributed by atoms with Gasteiger partial charge < -0.3 is 10.3 Å². The van der Waals surface area contributed by atoms with Crippen molar-refractivity contribution in [3.8, 4) is 12.1 Å². The summed E-state index contributed by atoms with van der Waals surface area (Å²) in [6.07, 6.45) is -2.21. The van der Waals surface area contributed by atoms with Gasteiger partial charge in [0, 0.05) is 27.0 Å². The molecule has 1 aliphatic heterocycles. The van der Waals surface area contributed by atoms with Crippen LogP contribution in [0.2, 0.25) is 0 Å². The molecule has 31 heavy (non-hydrogen) atoms. The van der Waals surface area contributed by atoms with Crippen molar-refractivity contribution < 1.29 is 18.3 Å². The van der Waals surface area contributed by atoms with Gasteiger partial charge >= 0.3 is 0 Å². The number of rotatable bonds is 4. The standard InChI is InChI=1S/C21H19F2N5O3/c1-10-15(22)3-4-17-19(10)14(8-25)13(21(30)27-17)6-18(29)26-11(2)20-16(23)5-12(7-24)9-28(20)31/h3-4,11-12,16,20H,5-6,9H2,1-2H3,(H-,26,27,29,30)/p+1/t11-,12?,16?,20?/m1/s1. The van der Waals surface area contributed by atoms with Gasteiger partial charge in [-0.15, -0.1) is 0 Å². The second kappa shape index (κ2) is 8.60. The van der Waals surface area contributed by atoms with Crippen LogP contribution >= 0.6 is 0 Å². The fraction of sp³-hybridized carbons (Fsp3) is 0.429. The van der Waals surface area contributed by atoms with Gasteiger partial charge in [-0.3, -0.25) is 9.59 Å². The molecule has 1 aromatic carbocycles. The van der Waals surface area contributed by atoms with E-state index < -0.39 is 47.9 Å². The average molecular weight is 428 g/mol. The first kappa shape index (κ1) is 22.0. The molecule has 160 valence electrons. The largest absolute Gasteiger partial charge is 0.346 e. The molecule has 2 aromatic rings. The summed E-state index contributed by atoms with van der Waals surface area (Å²) in [6, 6.07) is 4.20. The Bertz CT molecular complexity index is 1210. The fourth-order valence-electron chi connectivity index (χ4n) is 4.08. The number of benzene rings is 1. The third kappa shape index (κ3) is 4.15. The number of hydrogen-bond donors (Lipinski definition) is 2. The molecule has 1 amide bonds. The maximum Gasteiger partial charge on any atom is 0.253 e. The van der Waals surface area contributed by atoms with Crippen LogP contribution in [0.25, 0.3) is 10.9 Å². The number of nitroso groups, excluding NO2 is 1. The highest BCUT2D eigenvalue weighted by Crippen LogP contribution is 2.25. The summed E-state index contributed by atoms with van der Waals surface area (Å²) < 4.78 is 28.9. The lowest BCUT2D eigenvalue weighted by Gasteiger charge is -2.26. The second-order valence-corrected chi connectivity index (χ2v) is 7.72. The van der Waals surface area contributed by atoms with Gasteiger partial charge in [-0.1, -0.05) is 0 Å². The van der Waals surface area contributed by atoms with Crippen molar-refractivity contribution in [2.45, 2.75) is 44.9 Å². The molecule has 1 saturated heterocycles. The number of pyridine rings is 1. The molecular weight excluding hydrogens is 408 g/mol. The van der Waals surface area contributed by atoms with Crippen LogP contribution in [-0.2, 0) is 11.2 Å². The zero-order valence-electron chi connectivity index (χ0n) is 16.9. The highest BCUT2D eigenvalue weighted by Gasteiger charge is 2.47. The Kier molecular flexibility index (Phi) is 6.11. The topological polar surface area (TPSA) is 130 Å². The molecule has 0 bridgehead atoms. The lowest BCUT2D eigenvalue weighted by Crippen LogP contribution is -2.55. The van der Waals surface area contributed by atoms with Crippen molar-refractivity contribution in [3.63, 3.8) is 0 Å². The monoisotopic (exact) mass is 428 g/mol. The Morgan fingerprint density at radius 2 is 2.13 bits per heavy atom. The average Bonchev–Trinajstić information content (AvgIpc) is 2.71. The van der Waals surface area contributed by atoms with E-state index in [2.05, 4.69) is 10.3 Å². The van der Waals surface area contributed by atoms with E-state index in [1.807, 2.05) is 12.1 Å². The summed E-state index contributed by atoms with van der Waals surface area (Å²) in [5, 5.41) is 21.2. The molecule has 1 fully saturated rings. The SMILES string of the molecule is Cc1c(F)ccc2[nH]c(=O)c(CC(=O)N[C@H](C)C3C(F)CC(C#N)C[N+]3=O)c(C#N)c12. The van der Waals surface area contributed by atoms with E-state index in [-0.39, 0.29) is 40.6 Å². The minimum Gasteiger partial charge on any atom is -0.346 e. The number of fused-ring (bicyclic) bond motifs is 1. The fourth-order valence-corrected chi connectivity index (χ4v) is 4.08. The molecule has 2 N–H and O–H groups in total. The highest BCUT2D eigenvalue weighted by atomic mass is 19.1. The van der Waals surface area contributed by atoms with Crippen molar-refractivity contribution >= 4 is 16.8 Å². The van der Waals surface area contributed by atoms with E-state index in [1.165, 1.54) is 26.0 Å². The highest BCUT2D eigenvalue weighted by molar-refractivity contribution is 5.90. The van der Waals surface area contributed by atoms with Crippen LogP contribution in [0.5, 0.6) is 0 Å². The van der Waals surface area contributed by atoms with Gasteiger partial charge in [-0.05, 0) is 31.5 Å². The van der Waals surface area contributed by atoms with Gasteiger partial charge in [-0.25, -0.2) is 8.78 Å². The van der Waals surface area contributed by atoms with E-state index in [4.69, 9.17) is 5.26 Å². The number of nitriles is 2. The van der Waals surface area contributed by atoms with E-state index in [9.17, 15) is 28.5 Å². The number of piperidine rings is 1. The van der Waals surface area contributed by atoms with Gasteiger partial charge in [0.1, 0.15) is 17.8 Å². The number of carbonyl (C=O) groups excluding carboxylic acids is 1. The van der Waals surface area contributed by atoms with E-state index in [1.54, 1.807) is 0 Å². The Morgan fingerprint density at radius 3 is 2.74 bits per heavy atom. The normalized spacial score (nSPS) is 21.9. The molecule has 8 nitrogen and oxygen atoms in total. The summed E-state index contributed by atoms with van der Waals surface area (Å²) in [5.74, 6) is -1.96. The lowest BCUT2D eigenvalue weighted by molar-refractivity contribution is -0.610. The van der Waals surface area contributed by atoms with E-state index in [0.29, 0.717) is 4.76 Å². The maximum absolute atomic E-state index is 14.4. The summed E-state index contributed by atoms with van der Waals surface area (Å²) in [4.78, 5) is 39.8. The molecule has 1 aromatic heterocycles. The first-order valence-corrected chi connectivity index (χ1v) is 9.68. The molecule has 2 heterocycles. The molecular formula is C21H20F2N5O3+. The van der Waals surface area contributed by atoms with Crippen molar-refractivity contribution in [1.29, 1.82) is 10.5 Å².